The number of rotatable bonds is 2. The van der Waals surface area contributed by atoms with Crippen LogP contribution in [0.4, 0.5) is 5.69 Å². The summed E-state index contributed by atoms with van der Waals surface area (Å²) in [5.41, 5.74) is 4.85. The highest BCUT2D eigenvalue weighted by Gasteiger charge is 2.10. The van der Waals surface area contributed by atoms with E-state index in [0.717, 1.165) is 27.6 Å². The third-order valence-corrected chi connectivity index (χ3v) is 3.21. The molecule has 0 atom stereocenters. The maximum atomic E-state index is 5.19. The van der Waals surface area contributed by atoms with Gasteiger partial charge >= 0.3 is 0 Å². The summed E-state index contributed by atoms with van der Waals surface area (Å²) >= 11 is 0. The fourth-order valence-corrected chi connectivity index (χ4v) is 2.28. The molecular formula is C15H15N3O. The summed E-state index contributed by atoms with van der Waals surface area (Å²) in [7, 11) is 3.51. The Bertz CT molecular complexity index is 768. The highest BCUT2D eigenvalue weighted by atomic mass is 16.5. The van der Waals surface area contributed by atoms with Crippen LogP contribution in [0.25, 0.3) is 21.9 Å². The Hall–Kier alpha value is -2.36. The van der Waals surface area contributed by atoms with Crippen molar-refractivity contribution in [3.63, 3.8) is 0 Å². The van der Waals surface area contributed by atoms with E-state index in [1.807, 2.05) is 19.2 Å². The van der Waals surface area contributed by atoms with Crippen LogP contribution in [0.2, 0.25) is 0 Å². The van der Waals surface area contributed by atoms with E-state index in [1.165, 1.54) is 5.56 Å². The largest absolute Gasteiger partial charge is 0.481 e. The smallest absolute Gasteiger partial charge is 0.213 e. The van der Waals surface area contributed by atoms with Crippen LogP contribution in [0, 0.1) is 6.92 Å². The predicted molar refractivity (Wildman–Crippen MR) is 77.9 cm³/mol. The van der Waals surface area contributed by atoms with Crippen molar-refractivity contribution in [2.75, 3.05) is 19.5 Å². The number of anilines is 1. The monoisotopic (exact) mass is 253 g/mol. The maximum absolute atomic E-state index is 5.19. The molecule has 0 fully saturated rings. The summed E-state index contributed by atoms with van der Waals surface area (Å²) in [6.45, 7) is 2.07. The molecule has 4 heteroatoms. The molecule has 3 aromatic rings. The van der Waals surface area contributed by atoms with Gasteiger partial charge in [-0.1, -0.05) is 12.1 Å². The maximum Gasteiger partial charge on any atom is 0.213 e. The van der Waals surface area contributed by atoms with Crippen molar-refractivity contribution in [1.29, 1.82) is 0 Å². The van der Waals surface area contributed by atoms with Gasteiger partial charge < -0.3 is 10.1 Å². The van der Waals surface area contributed by atoms with Gasteiger partial charge in [0.05, 0.1) is 23.8 Å². The molecule has 0 radical (unpaired) electrons. The standard InChI is InChI=1S/C15H15N3O/c1-9-4-5-10-12(8-9)17-11-6-7-13(19-3)18-15(11)14(10)16-2/h4-8H,1-3H3,(H,16,17). The number of aromatic nitrogens is 2. The molecule has 0 bridgehead atoms. The molecule has 0 aliphatic heterocycles. The van der Waals surface area contributed by atoms with Gasteiger partial charge in [-0.3, -0.25) is 0 Å². The fraction of sp³-hybridized carbons (Fsp3) is 0.200. The lowest BCUT2D eigenvalue weighted by molar-refractivity contribution is 0.399. The second kappa shape index (κ2) is 4.39. The molecule has 4 nitrogen and oxygen atoms in total. The molecule has 0 saturated heterocycles. The Labute approximate surface area is 111 Å². The first-order chi connectivity index (χ1) is 9.22. The Balaban J connectivity index is 2.45. The molecule has 1 N–H and O–H groups in total. The van der Waals surface area contributed by atoms with Crippen molar-refractivity contribution in [2.24, 2.45) is 0 Å². The number of ether oxygens (including phenoxy) is 1. The minimum atomic E-state index is 0.595. The Morgan fingerprint density at radius 1 is 1.05 bits per heavy atom. The van der Waals surface area contributed by atoms with Gasteiger partial charge in [-0.2, -0.15) is 0 Å². The van der Waals surface area contributed by atoms with Crippen LogP contribution in [0.3, 0.4) is 0 Å². The topological polar surface area (TPSA) is 47.0 Å². The van der Waals surface area contributed by atoms with Crippen molar-refractivity contribution >= 4 is 27.6 Å². The van der Waals surface area contributed by atoms with E-state index < -0.39 is 0 Å². The second-order valence-electron chi connectivity index (χ2n) is 4.48. The number of hydrogen-bond donors (Lipinski definition) is 1. The minimum Gasteiger partial charge on any atom is -0.481 e. The zero-order valence-corrected chi connectivity index (χ0v) is 11.2. The van der Waals surface area contributed by atoms with Crippen molar-refractivity contribution in [3.05, 3.63) is 35.9 Å². The average Bonchev–Trinajstić information content (AvgIpc) is 2.44. The lowest BCUT2D eigenvalue weighted by Crippen LogP contribution is -1.97. The quantitative estimate of drug-likeness (QED) is 0.713. The molecule has 0 aliphatic carbocycles. The van der Waals surface area contributed by atoms with Gasteiger partial charge in [0.1, 0.15) is 5.52 Å². The van der Waals surface area contributed by atoms with E-state index >= 15 is 0 Å². The van der Waals surface area contributed by atoms with E-state index in [2.05, 4.69) is 40.4 Å². The van der Waals surface area contributed by atoms with Crippen LogP contribution >= 0.6 is 0 Å². The number of fused-ring (bicyclic) bond motifs is 2. The summed E-state index contributed by atoms with van der Waals surface area (Å²) in [4.78, 5) is 9.15. The van der Waals surface area contributed by atoms with Crippen LogP contribution in [-0.2, 0) is 0 Å². The van der Waals surface area contributed by atoms with Crippen LogP contribution in [0.5, 0.6) is 5.88 Å². The second-order valence-corrected chi connectivity index (χ2v) is 4.48. The fourth-order valence-electron chi connectivity index (χ4n) is 2.28. The number of pyridine rings is 2. The zero-order chi connectivity index (χ0) is 13.4. The van der Waals surface area contributed by atoms with E-state index in [-0.39, 0.29) is 0 Å². The van der Waals surface area contributed by atoms with Crippen molar-refractivity contribution in [1.82, 2.24) is 9.97 Å². The molecule has 2 aromatic heterocycles. The van der Waals surface area contributed by atoms with E-state index in [4.69, 9.17) is 4.74 Å². The summed E-state index contributed by atoms with van der Waals surface area (Å²) in [5.74, 6) is 0.595. The summed E-state index contributed by atoms with van der Waals surface area (Å²) in [5, 5.41) is 4.30. The van der Waals surface area contributed by atoms with E-state index in [9.17, 15) is 0 Å². The van der Waals surface area contributed by atoms with Crippen LogP contribution in [0.1, 0.15) is 5.56 Å². The van der Waals surface area contributed by atoms with Crippen LogP contribution in [0.15, 0.2) is 30.3 Å². The van der Waals surface area contributed by atoms with Crippen LogP contribution < -0.4 is 10.1 Å². The van der Waals surface area contributed by atoms with Gasteiger partial charge in [-0.25, -0.2) is 9.97 Å². The van der Waals surface area contributed by atoms with Crippen LogP contribution in [-0.4, -0.2) is 24.1 Å². The zero-order valence-electron chi connectivity index (χ0n) is 11.2. The predicted octanol–water partition coefficient (Wildman–Crippen LogP) is 3.14. The molecule has 0 spiro atoms. The van der Waals surface area contributed by atoms with Gasteiger partial charge in [0.2, 0.25) is 5.88 Å². The van der Waals surface area contributed by atoms with Crippen molar-refractivity contribution < 1.29 is 4.74 Å². The molecule has 96 valence electrons. The highest BCUT2D eigenvalue weighted by Crippen LogP contribution is 2.30. The number of aryl methyl sites for hydroxylation is 1. The summed E-state index contributed by atoms with van der Waals surface area (Å²) in [6.07, 6.45) is 0. The molecule has 2 heterocycles. The molecule has 1 aromatic carbocycles. The third-order valence-electron chi connectivity index (χ3n) is 3.21. The van der Waals surface area contributed by atoms with Gasteiger partial charge in [-0.05, 0) is 24.6 Å². The Morgan fingerprint density at radius 2 is 1.89 bits per heavy atom. The number of hydrogen-bond acceptors (Lipinski definition) is 4. The van der Waals surface area contributed by atoms with E-state index in [1.54, 1.807) is 7.11 Å². The number of benzene rings is 1. The lowest BCUT2D eigenvalue weighted by atomic mass is 10.1. The minimum absolute atomic E-state index is 0.595. The summed E-state index contributed by atoms with van der Waals surface area (Å²) in [6, 6.07) is 10.0. The Morgan fingerprint density at radius 3 is 2.63 bits per heavy atom. The molecule has 0 amide bonds. The van der Waals surface area contributed by atoms with Crippen molar-refractivity contribution in [2.45, 2.75) is 6.92 Å². The van der Waals surface area contributed by atoms with E-state index in [0.29, 0.717) is 5.88 Å². The van der Waals surface area contributed by atoms with Gasteiger partial charge in [0.25, 0.3) is 0 Å². The summed E-state index contributed by atoms with van der Waals surface area (Å²) < 4.78 is 5.19. The average molecular weight is 253 g/mol. The Kier molecular flexibility index (Phi) is 2.71. The lowest BCUT2D eigenvalue weighted by Gasteiger charge is -2.10. The molecule has 19 heavy (non-hydrogen) atoms. The normalized spacial score (nSPS) is 10.9. The number of methoxy groups -OCH3 is 1. The first-order valence-corrected chi connectivity index (χ1v) is 6.16. The molecule has 0 saturated carbocycles. The molecular weight excluding hydrogens is 238 g/mol. The molecule has 0 aliphatic rings. The number of nitrogens with one attached hydrogen (secondary N) is 1. The highest BCUT2D eigenvalue weighted by molar-refractivity contribution is 6.05. The van der Waals surface area contributed by atoms with Gasteiger partial charge in [0, 0.05) is 18.5 Å². The third kappa shape index (κ3) is 1.85. The van der Waals surface area contributed by atoms with Crippen molar-refractivity contribution in [3.8, 4) is 5.88 Å². The molecule has 0 unspecified atom stereocenters. The first kappa shape index (κ1) is 11.7. The van der Waals surface area contributed by atoms with Gasteiger partial charge in [-0.15, -0.1) is 0 Å². The molecule has 3 rings (SSSR count). The number of nitrogens with zero attached hydrogens (tertiary/aromatic N) is 2. The first-order valence-electron chi connectivity index (χ1n) is 6.16. The SMILES string of the molecule is CNc1c2ccc(C)cc2nc2ccc(OC)nc12. The van der Waals surface area contributed by atoms with Gasteiger partial charge in [0.15, 0.2) is 0 Å².